The molecule has 0 saturated heterocycles. The molecule has 0 saturated carbocycles. The summed E-state index contributed by atoms with van der Waals surface area (Å²) in [5.41, 5.74) is 0.174. The highest BCUT2D eigenvalue weighted by Crippen LogP contribution is 2.33. The van der Waals surface area contributed by atoms with Crippen molar-refractivity contribution in [2.24, 2.45) is 11.3 Å². The maximum absolute atomic E-state index is 13.4. The Hall–Kier alpha value is -0.0900. The maximum atomic E-state index is 13.4. The van der Waals surface area contributed by atoms with Crippen LogP contribution in [0.5, 0.6) is 0 Å². The van der Waals surface area contributed by atoms with Gasteiger partial charge in [-0.1, -0.05) is 36.7 Å². The summed E-state index contributed by atoms with van der Waals surface area (Å²) >= 11 is 4.93. The highest BCUT2D eigenvalue weighted by molar-refractivity contribution is 9.09. The van der Waals surface area contributed by atoms with Gasteiger partial charge in [0.1, 0.15) is 11.6 Å². The Bertz CT molecular complexity index is 374. The molecule has 1 rings (SSSR count). The van der Waals surface area contributed by atoms with Crippen molar-refractivity contribution < 1.29 is 8.78 Å². The Labute approximate surface area is 114 Å². The van der Waals surface area contributed by atoms with Gasteiger partial charge in [0.05, 0.1) is 0 Å². The molecule has 0 aromatic heterocycles. The van der Waals surface area contributed by atoms with Gasteiger partial charge in [0, 0.05) is 22.0 Å². The van der Waals surface area contributed by atoms with Crippen LogP contribution in [0.25, 0.3) is 0 Å². The molecule has 0 spiro atoms. The third kappa shape index (κ3) is 4.59. The minimum absolute atomic E-state index is 0.174. The van der Waals surface area contributed by atoms with Gasteiger partial charge in [-0.25, -0.2) is 8.78 Å². The maximum Gasteiger partial charge on any atom is 0.139 e. The van der Waals surface area contributed by atoms with Crippen molar-refractivity contribution in [3.63, 3.8) is 0 Å². The standard InChI is InChI=1S/C13H17BrF2S/c1-13(2,3)9(7-14)8-17-12-5-4-10(15)6-11(12)16/h4-6,9H,7-8H2,1-3H3. The molecular weight excluding hydrogens is 306 g/mol. The Balaban J connectivity index is 2.66. The van der Waals surface area contributed by atoms with Crippen LogP contribution in [0, 0.1) is 23.0 Å². The minimum Gasteiger partial charge on any atom is -0.207 e. The summed E-state index contributed by atoms with van der Waals surface area (Å²) in [6, 6.07) is 3.73. The molecule has 0 heterocycles. The molecule has 96 valence electrons. The van der Waals surface area contributed by atoms with Crippen LogP contribution in [0.2, 0.25) is 0 Å². The van der Waals surface area contributed by atoms with Crippen LogP contribution in [0.3, 0.4) is 0 Å². The first-order chi connectivity index (χ1) is 7.84. The molecule has 1 unspecified atom stereocenters. The number of rotatable bonds is 4. The van der Waals surface area contributed by atoms with Gasteiger partial charge in [-0.15, -0.1) is 11.8 Å². The second-order valence-electron chi connectivity index (χ2n) is 5.10. The average molecular weight is 323 g/mol. The lowest BCUT2D eigenvalue weighted by Gasteiger charge is -2.28. The van der Waals surface area contributed by atoms with E-state index in [1.807, 2.05) is 0 Å². The first-order valence-corrected chi connectivity index (χ1v) is 7.59. The molecule has 0 aliphatic carbocycles. The second kappa shape index (κ2) is 6.19. The fourth-order valence-corrected chi connectivity index (χ4v) is 4.17. The summed E-state index contributed by atoms with van der Waals surface area (Å²) in [6.45, 7) is 6.50. The lowest BCUT2D eigenvalue weighted by molar-refractivity contribution is 0.295. The van der Waals surface area contributed by atoms with Gasteiger partial charge in [0.25, 0.3) is 0 Å². The molecule has 0 amide bonds. The predicted molar refractivity (Wildman–Crippen MR) is 73.8 cm³/mol. The normalized spacial score (nSPS) is 13.8. The van der Waals surface area contributed by atoms with E-state index in [4.69, 9.17) is 0 Å². The molecule has 0 nitrogen and oxygen atoms in total. The average Bonchev–Trinajstić information content (AvgIpc) is 2.19. The van der Waals surface area contributed by atoms with Gasteiger partial charge in [-0.05, 0) is 23.5 Å². The first-order valence-electron chi connectivity index (χ1n) is 5.48. The molecule has 1 atom stereocenters. The number of halogens is 3. The van der Waals surface area contributed by atoms with Crippen molar-refractivity contribution in [3.05, 3.63) is 29.8 Å². The summed E-state index contributed by atoms with van der Waals surface area (Å²) in [5, 5.41) is 0.881. The van der Waals surface area contributed by atoms with E-state index >= 15 is 0 Å². The smallest absolute Gasteiger partial charge is 0.139 e. The van der Waals surface area contributed by atoms with Crippen LogP contribution < -0.4 is 0 Å². The van der Waals surface area contributed by atoms with Gasteiger partial charge in [-0.2, -0.15) is 0 Å². The molecule has 17 heavy (non-hydrogen) atoms. The summed E-state index contributed by atoms with van der Waals surface area (Å²) in [7, 11) is 0. The second-order valence-corrected chi connectivity index (χ2v) is 6.81. The van der Waals surface area contributed by atoms with Crippen molar-refractivity contribution in [1.82, 2.24) is 0 Å². The quantitative estimate of drug-likeness (QED) is 0.548. The van der Waals surface area contributed by atoms with Gasteiger partial charge in [-0.3, -0.25) is 0 Å². The van der Waals surface area contributed by atoms with E-state index in [0.717, 1.165) is 17.1 Å². The highest BCUT2D eigenvalue weighted by Gasteiger charge is 2.23. The zero-order valence-corrected chi connectivity index (χ0v) is 12.7. The van der Waals surface area contributed by atoms with Gasteiger partial charge >= 0.3 is 0 Å². The van der Waals surface area contributed by atoms with Crippen molar-refractivity contribution in [2.75, 3.05) is 11.1 Å². The molecule has 0 aliphatic rings. The van der Waals surface area contributed by atoms with Crippen LogP contribution in [0.15, 0.2) is 23.1 Å². The van der Waals surface area contributed by atoms with Gasteiger partial charge in [0.15, 0.2) is 0 Å². The molecular formula is C13H17BrF2S. The fourth-order valence-electron chi connectivity index (χ4n) is 1.31. The van der Waals surface area contributed by atoms with Gasteiger partial charge < -0.3 is 0 Å². The van der Waals surface area contributed by atoms with Crippen LogP contribution in [0.4, 0.5) is 8.78 Å². The predicted octanol–water partition coefficient (Wildman–Crippen LogP) is 5.11. The zero-order valence-electron chi connectivity index (χ0n) is 10.3. The Kier molecular flexibility index (Phi) is 5.45. The number of alkyl halides is 1. The van der Waals surface area contributed by atoms with Crippen LogP contribution in [-0.2, 0) is 0 Å². The van der Waals surface area contributed by atoms with Crippen LogP contribution in [-0.4, -0.2) is 11.1 Å². The van der Waals surface area contributed by atoms with E-state index in [1.165, 1.54) is 23.9 Å². The van der Waals surface area contributed by atoms with E-state index in [2.05, 4.69) is 36.7 Å². The van der Waals surface area contributed by atoms with E-state index in [9.17, 15) is 8.78 Å². The zero-order chi connectivity index (χ0) is 13.1. The van der Waals surface area contributed by atoms with Gasteiger partial charge in [0.2, 0.25) is 0 Å². The SMILES string of the molecule is CC(C)(C)C(CBr)CSc1ccc(F)cc1F. The Morgan fingerprint density at radius 3 is 2.41 bits per heavy atom. The largest absolute Gasteiger partial charge is 0.207 e. The third-order valence-corrected chi connectivity index (χ3v) is 4.74. The molecule has 0 fully saturated rings. The lowest BCUT2D eigenvalue weighted by atomic mass is 9.83. The summed E-state index contributed by atoms with van der Waals surface area (Å²) < 4.78 is 26.2. The van der Waals surface area contributed by atoms with E-state index in [0.29, 0.717) is 10.8 Å². The van der Waals surface area contributed by atoms with E-state index in [1.54, 1.807) is 0 Å². The fraction of sp³-hybridized carbons (Fsp3) is 0.538. The van der Waals surface area contributed by atoms with Crippen LogP contribution >= 0.6 is 27.7 Å². The highest BCUT2D eigenvalue weighted by atomic mass is 79.9. The molecule has 0 N–H and O–H groups in total. The molecule has 0 bridgehead atoms. The number of benzene rings is 1. The van der Waals surface area contributed by atoms with Crippen LogP contribution in [0.1, 0.15) is 20.8 Å². The topological polar surface area (TPSA) is 0 Å². The summed E-state index contributed by atoms with van der Waals surface area (Å²) in [4.78, 5) is 0.515. The summed E-state index contributed by atoms with van der Waals surface area (Å²) in [5.74, 6) is 0.256. The van der Waals surface area contributed by atoms with E-state index in [-0.39, 0.29) is 5.41 Å². The van der Waals surface area contributed by atoms with Crippen molar-refractivity contribution >= 4 is 27.7 Å². The van der Waals surface area contributed by atoms with E-state index < -0.39 is 11.6 Å². The number of thioether (sulfide) groups is 1. The molecule has 1 aromatic rings. The lowest BCUT2D eigenvalue weighted by Crippen LogP contribution is -2.24. The molecule has 1 aromatic carbocycles. The molecule has 4 heteroatoms. The monoisotopic (exact) mass is 322 g/mol. The van der Waals surface area contributed by atoms with Crippen molar-refractivity contribution in [3.8, 4) is 0 Å². The first kappa shape index (κ1) is 15.0. The molecule has 0 aliphatic heterocycles. The summed E-state index contributed by atoms with van der Waals surface area (Å²) in [6.07, 6.45) is 0. The molecule has 0 radical (unpaired) electrons. The van der Waals surface area contributed by atoms with Crippen molar-refractivity contribution in [2.45, 2.75) is 25.7 Å². The number of hydrogen-bond acceptors (Lipinski definition) is 1. The Morgan fingerprint density at radius 2 is 1.94 bits per heavy atom. The number of hydrogen-bond donors (Lipinski definition) is 0. The Morgan fingerprint density at radius 1 is 1.29 bits per heavy atom. The minimum atomic E-state index is -0.528. The van der Waals surface area contributed by atoms with Crippen molar-refractivity contribution in [1.29, 1.82) is 0 Å². The third-order valence-electron chi connectivity index (χ3n) is 2.74.